The first-order valence-corrected chi connectivity index (χ1v) is 7.81. The zero-order chi connectivity index (χ0) is 18.4. The van der Waals surface area contributed by atoms with Crippen LogP contribution in [0.3, 0.4) is 0 Å². The summed E-state index contributed by atoms with van der Waals surface area (Å²) in [5.41, 5.74) is 2.55. The van der Waals surface area contributed by atoms with Crippen molar-refractivity contribution in [2.45, 2.75) is 26.9 Å². The molecule has 0 bridgehead atoms. The number of hydrogen-bond acceptors (Lipinski definition) is 4. The number of para-hydroxylation sites is 1. The van der Waals surface area contributed by atoms with Gasteiger partial charge in [0.1, 0.15) is 11.6 Å². The van der Waals surface area contributed by atoms with Gasteiger partial charge in [0.2, 0.25) is 0 Å². The number of amides is 1. The van der Waals surface area contributed by atoms with Crippen LogP contribution in [0.5, 0.6) is 5.75 Å². The second-order valence-electron chi connectivity index (χ2n) is 5.63. The average molecular weight is 345 g/mol. The maximum atomic E-state index is 12.8. The second kappa shape index (κ2) is 8.28. The van der Waals surface area contributed by atoms with Gasteiger partial charge in [0.05, 0.1) is 0 Å². The van der Waals surface area contributed by atoms with Crippen LogP contribution in [0.4, 0.5) is 10.1 Å². The third kappa shape index (κ3) is 5.31. The number of nitrogens with one attached hydrogen (secondary N) is 1. The van der Waals surface area contributed by atoms with E-state index in [2.05, 4.69) is 5.32 Å². The smallest absolute Gasteiger partial charge is 0.344 e. The summed E-state index contributed by atoms with van der Waals surface area (Å²) in [6.45, 7) is 4.89. The number of esters is 1. The van der Waals surface area contributed by atoms with Gasteiger partial charge in [0.25, 0.3) is 5.91 Å². The minimum atomic E-state index is -0.969. The molecule has 0 heterocycles. The highest BCUT2D eigenvalue weighted by molar-refractivity contribution is 5.96. The number of ether oxygens (including phenoxy) is 2. The molecule has 2 aromatic carbocycles. The van der Waals surface area contributed by atoms with Crippen LogP contribution in [-0.4, -0.2) is 24.6 Å². The van der Waals surface area contributed by atoms with Crippen molar-refractivity contribution in [2.75, 3.05) is 11.9 Å². The van der Waals surface area contributed by atoms with Crippen LogP contribution in [-0.2, 0) is 14.3 Å². The highest BCUT2D eigenvalue weighted by Crippen LogP contribution is 2.19. The summed E-state index contributed by atoms with van der Waals surface area (Å²) in [5, 5.41) is 2.76. The van der Waals surface area contributed by atoms with Crippen molar-refractivity contribution in [1.29, 1.82) is 0 Å². The Labute approximate surface area is 145 Å². The molecule has 0 aromatic heterocycles. The van der Waals surface area contributed by atoms with Crippen molar-refractivity contribution < 1.29 is 23.5 Å². The second-order valence-corrected chi connectivity index (χ2v) is 5.63. The number of aryl methyl sites for hydroxylation is 2. The van der Waals surface area contributed by atoms with Crippen molar-refractivity contribution in [2.24, 2.45) is 0 Å². The van der Waals surface area contributed by atoms with Gasteiger partial charge in [0.15, 0.2) is 12.7 Å². The van der Waals surface area contributed by atoms with Gasteiger partial charge in [-0.25, -0.2) is 9.18 Å². The van der Waals surface area contributed by atoms with E-state index >= 15 is 0 Å². The van der Waals surface area contributed by atoms with Gasteiger partial charge in [-0.05, 0) is 56.2 Å². The molecule has 25 heavy (non-hydrogen) atoms. The van der Waals surface area contributed by atoms with E-state index in [1.54, 1.807) is 0 Å². The van der Waals surface area contributed by atoms with Crippen molar-refractivity contribution in [3.05, 3.63) is 59.4 Å². The van der Waals surface area contributed by atoms with Gasteiger partial charge in [-0.2, -0.15) is 0 Å². The summed E-state index contributed by atoms with van der Waals surface area (Å²) in [6, 6.07) is 10.9. The molecule has 2 aromatic rings. The molecule has 6 heteroatoms. The lowest BCUT2D eigenvalue weighted by Gasteiger charge is -2.16. The molecule has 0 unspecified atom stereocenters. The number of benzene rings is 2. The van der Waals surface area contributed by atoms with E-state index < -0.39 is 23.8 Å². The summed E-state index contributed by atoms with van der Waals surface area (Å²) in [4.78, 5) is 24.0. The molecule has 0 saturated heterocycles. The zero-order valence-electron chi connectivity index (χ0n) is 14.3. The highest BCUT2D eigenvalue weighted by Gasteiger charge is 2.19. The SMILES string of the molecule is Cc1cccc(C)c1NC(=O)[C@H](C)OC(=O)COc1ccc(F)cc1. The van der Waals surface area contributed by atoms with E-state index in [4.69, 9.17) is 9.47 Å². The molecule has 0 fully saturated rings. The minimum Gasteiger partial charge on any atom is -0.482 e. The van der Waals surface area contributed by atoms with Crippen LogP contribution in [0, 0.1) is 19.7 Å². The van der Waals surface area contributed by atoms with E-state index in [0.717, 1.165) is 11.1 Å². The third-order valence-electron chi connectivity index (χ3n) is 3.58. The predicted octanol–water partition coefficient (Wildman–Crippen LogP) is 3.39. The average Bonchev–Trinajstić information content (AvgIpc) is 2.57. The van der Waals surface area contributed by atoms with E-state index in [9.17, 15) is 14.0 Å². The Morgan fingerprint density at radius 3 is 2.28 bits per heavy atom. The normalized spacial score (nSPS) is 11.5. The Balaban J connectivity index is 1.85. The van der Waals surface area contributed by atoms with E-state index in [1.165, 1.54) is 31.2 Å². The Morgan fingerprint density at radius 2 is 1.68 bits per heavy atom. The fourth-order valence-corrected chi connectivity index (χ4v) is 2.19. The molecule has 0 aliphatic heterocycles. The van der Waals surface area contributed by atoms with E-state index in [0.29, 0.717) is 11.4 Å². The summed E-state index contributed by atoms with van der Waals surface area (Å²) in [7, 11) is 0. The molecule has 132 valence electrons. The molecule has 1 amide bonds. The lowest BCUT2D eigenvalue weighted by atomic mass is 10.1. The Bertz CT molecular complexity index is 738. The Morgan fingerprint density at radius 1 is 1.08 bits per heavy atom. The van der Waals surface area contributed by atoms with Gasteiger partial charge >= 0.3 is 5.97 Å². The quantitative estimate of drug-likeness (QED) is 0.815. The third-order valence-corrected chi connectivity index (χ3v) is 3.58. The van der Waals surface area contributed by atoms with E-state index in [-0.39, 0.29) is 6.61 Å². The van der Waals surface area contributed by atoms with Gasteiger partial charge in [-0.15, -0.1) is 0 Å². The molecule has 2 rings (SSSR count). The molecular weight excluding hydrogens is 325 g/mol. The molecule has 1 N–H and O–H groups in total. The molecular formula is C19H20FNO4. The molecule has 0 aliphatic carbocycles. The number of rotatable bonds is 6. The number of carbonyl (C=O) groups excluding carboxylic acids is 2. The van der Waals surface area contributed by atoms with Gasteiger partial charge in [-0.1, -0.05) is 18.2 Å². The lowest BCUT2D eigenvalue weighted by molar-refractivity contribution is -0.155. The van der Waals surface area contributed by atoms with Gasteiger partial charge in [-0.3, -0.25) is 4.79 Å². The first kappa shape index (κ1) is 18.4. The summed E-state index contributed by atoms with van der Waals surface area (Å²) < 4.78 is 23.0. The molecule has 0 radical (unpaired) electrons. The topological polar surface area (TPSA) is 64.6 Å². The first-order valence-electron chi connectivity index (χ1n) is 7.81. The van der Waals surface area contributed by atoms with Gasteiger partial charge < -0.3 is 14.8 Å². The van der Waals surface area contributed by atoms with Crippen molar-refractivity contribution in [3.63, 3.8) is 0 Å². The summed E-state index contributed by atoms with van der Waals surface area (Å²) >= 11 is 0. The molecule has 0 spiro atoms. The molecule has 0 saturated carbocycles. The number of halogens is 1. The minimum absolute atomic E-state index is 0.339. The molecule has 1 atom stereocenters. The zero-order valence-corrected chi connectivity index (χ0v) is 14.3. The van der Waals surface area contributed by atoms with Crippen LogP contribution in [0.25, 0.3) is 0 Å². The number of anilines is 1. The Hall–Kier alpha value is -2.89. The van der Waals surface area contributed by atoms with Crippen LogP contribution in [0.15, 0.2) is 42.5 Å². The van der Waals surface area contributed by atoms with E-state index in [1.807, 2.05) is 32.0 Å². The lowest BCUT2D eigenvalue weighted by Crippen LogP contribution is -2.32. The van der Waals surface area contributed by atoms with Crippen LogP contribution < -0.4 is 10.1 Å². The fourth-order valence-electron chi connectivity index (χ4n) is 2.19. The van der Waals surface area contributed by atoms with Crippen molar-refractivity contribution in [1.82, 2.24) is 0 Å². The largest absolute Gasteiger partial charge is 0.482 e. The van der Waals surface area contributed by atoms with Crippen molar-refractivity contribution >= 4 is 17.6 Å². The number of carbonyl (C=O) groups is 2. The highest BCUT2D eigenvalue weighted by atomic mass is 19.1. The molecule has 5 nitrogen and oxygen atoms in total. The standard InChI is InChI=1S/C19H20FNO4/c1-12-5-4-6-13(2)18(12)21-19(23)14(3)25-17(22)11-24-16-9-7-15(20)8-10-16/h4-10,14H,11H2,1-3H3,(H,21,23)/t14-/m0/s1. The predicted molar refractivity (Wildman–Crippen MR) is 92.0 cm³/mol. The van der Waals surface area contributed by atoms with Crippen LogP contribution in [0.1, 0.15) is 18.1 Å². The van der Waals surface area contributed by atoms with Crippen LogP contribution >= 0.6 is 0 Å². The number of hydrogen-bond donors (Lipinski definition) is 1. The maximum Gasteiger partial charge on any atom is 0.344 e. The summed E-state index contributed by atoms with van der Waals surface area (Å²) in [6.07, 6.45) is -0.969. The monoisotopic (exact) mass is 345 g/mol. The first-order chi connectivity index (χ1) is 11.9. The molecule has 0 aliphatic rings. The van der Waals surface area contributed by atoms with Crippen LogP contribution in [0.2, 0.25) is 0 Å². The van der Waals surface area contributed by atoms with Crippen molar-refractivity contribution in [3.8, 4) is 5.75 Å². The summed E-state index contributed by atoms with van der Waals surface area (Å²) in [5.74, 6) is -1.17. The fraction of sp³-hybridized carbons (Fsp3) is 0.263. The maximum absolute atomic E-state index is 12.8. The Kier molecular flexibility index (Phi) is 6.11. The van der Waals surface area contributed by atoms with Gasteiger partial charge in [0, 0.05) is 5.69 Å².